The summed E-state index contributed by atoms with van der Waals surface area (Å²) in [5, 5.41) is 0. The lowest BCUT2D eigenvalue weighted by molar-refractivity contribution is -0.132. The Hall–Kier alpha value is -2.54. The van der Waals surface area contributed by atoms with E-state index in [2.05, 4.69) is 26.8 Å². The highest BCUT2D eigenvalue weighted by molar-refractivity contribution is 9.10. The van der Waals surface area contributed by atoms with Gasteiger partial charge in [0.15, 0.2) is 6.10 Å². The van der Waals surface area contributed by atoms with Crippen LogP contribution in [0.5, 0.6) is 11.5 Å². The SMILES string of the molecule is COc1cccc(CC(=O)NNC(=O)C(C)Oc2cccc(Br)c2)c1. The summed E-state index contributed by atoms with van der Waals surface area (Å²) in [4.78, 5) is 23.9. The summed E-state index contributed by atoms with van der Waals surface area (Å²) in [5.41, 5.74) is 5.52. The van der Waals surface area contributed by atoms with Crippen LogP contribution < -0.4 is 20.3 Å². The zero-order chi connectivity index (χ0) is 18.2. The number of ether oxygens (including phenoxy) is 2. The van der Waals surface area contributed by atoms with Gasteiger partial charge in [-0.1, -0.05) is 34.1 Å². The van der Waals surface area contributed by atoms with Crippen LogP contribution in [-0.2, 0) is 16.0 Å². The molecule has 7 heteroatoms. The molecule has 25 heavy (non-hydrogen) atoms. The number of amides is 2. The van der Waals surface area contributed by atoms with Crippen LogP contribution in [0, 0.1) is 0 Å². The molecule has 0 saturated heterocycles. The zero-order valence-corrected chi connectivity index (χ0v) is 15.5. The second-order valence-electron chi connectivity index (χ2n) is 5.28. The van der Waals surface area contributed by atoms with Gasteiger partial charge < -0.3 is 9.47 Å². The van der Waals surface area contributed by atoms with Crippen LogP contribution in [0.25, 0.3) is 0 Å². The maximum absolute atomic E-state index is 12.0. The number of nitrogens with one attached hydrogen (secondary N) is 2. The minimum absolute atomic E-state index is 0.123. The second kappa shape index (κ2) is 9.08. The first-order valence-corrected chi connectivity index (χ1v) is 8.41. The fourth-order valence-corrected chi connectivity index (χ4v) is 2.42. The molecule has 1 unspecified atom stereocenters. The maximum Gasteiger partial charge on any atom is 0.279 e. The van der Waals surface area contributed by atoms with Crippen LogP contribution in [0.2, 0.25) is 0 Å². The molecule has 6 nitrogen and oxygen atoms in total. The van der Waals surface area contributed by atoms with Crippen LogP contribution in [0.1, 0.15) is 12.5 Å². The minimum atomic E-state index is -0.758. The summed E-state index contributed by atoms with van der Waals surface area (Å²) in [5.74, 6) is 0.445. The van der Waals surface area contributed by atoms with E-state index in [4.69, 9.17) is 9.47 Å². The summed E-state index contributed by atoms with van der Waals surface area (Å²) in [7, 11) is 1.56. The Morgan fingerprint density at radius 2 is 1.80 bits per heavy atom. The molecule has 2 amide bonds. The molecule has 2 rings (SSSR count). The summed E-state index contributed by atoms with van der Waals surface area (Å²) < 4.78 is 11.5. The van der Waals surface area contributed by atoms with E-state index in [1.165, 1.54) is 0 Å². The van der Waals surface area contributed by atoms with Gasteiger partial charge in [0.1, 0.15) is 11.5 Å². The lowest BCUT2D eigenvalue weighted by atomic mass is 10.1. The van der Waals surface area contributed by atoms with Crippen LogP contribution in [-0.4, -0.2) is 25.0 Å². The molecule has 2 aromatic carbocycles. The third-order valence-electron chi connectivity index (χ3n) is 3.30. The normalized spacial score (nSPS) is 11.3. The molecule has 0 aromatic heterocycles. The molecule has 1 atom stereocenters. The van der Waals surface area contributed by atoms with E-state index in [9.17, 15) is 9.59 Å². The van der Waals surface area contributed by atoms with Gasteiger partial charge in [-0.2, -0.15) is 0 Å². The minimum Gasteiger partial charge on any atom is -0.497 e. The number of hydrogen-bond acceptors (Lipinski definition) is 4. The van der Waals surface area contributed by atoms with Crippen LogP contribution in [0.4, 0.5) is 0 Å². The molecular weight excluding hydrogens is 388 g/mol. The number of rotatable bonds is 6. The molecule has 0 bridgehead atoms. The maximum atomic E-state index is 12.0. The monoisotopic (exact) mass is 406 g/mol. The Bertz CT molecular complexity index is 751. The first-order chi connectivity index (χ1) is 12.0. The van der Waals surface area contributed by atoms with Gasteiger partial charge in [0, 0.05) is 4.47 Å². The molecule has 2 aromatic rings. The average molecular weight is 407 g/mol. The number of hydrazine groups is 1. The topological polar surface area (TPSA) is 76.7 Å². The predicted octanol–water partition coefficient (Wildman–Crippen LogP) is 2.62. The van der Waals surface area contributed by atoms with Crippen molar-refractivity contribution in [2.45, 2.75) is 19.4 Å². The van der Waals surface area contributed by atoms with Gasteiger partial charge in [0.05, 0.1) is 13.5 Å². The van der Waals surface area contributed by atoms with Crippen molar-refractivity contribution in [3.05, 3.63) is 58.6 Å². The Morgan fingerprint density at radius 3 is 2.52 bits per heavy atom. The van der Waals surface area contributed by atoms with Crippen LogP contribution >= 0.6 is 15.9 Å². The predicted molar refractivity (Wildman–Crippen MR) is 97.2 cm³/mol. The Kier molecular flexibility index (Phi) is 6.82. The number of benzene rings is 2. The number of methoxy groups -OCH3 is 1. The standard InChI is InChI=1S/C18H19BrN2O4/c1-12(25-16-8-4-6-14(19)11-16)18(23)21-20-17(22)10-13-5-3-7-15(9-13)24-2/h3-9,11-12H,10H2,1-2H3,(H,20,22)(H,21,23). The van der Waals surface area contributed by atoms with E-state index in [0.29, 0.717) is 11.5 Å². The molecule has 0 heterocycles. The van der Waals surface area contributed by atoms with Gasteiger partial charge in [-0.25, -0.2) is 0 Å². The number of carbonyl (C=O) groups is 2. The van der Waals surface area contributed by atoms with E-state index >= 15 is 0 Å². The molecule has 0 aliphatic carbocycles. The number of halogens is 1. The van der Waals surface area contributed by atoms with Crippen LogP contribution in [0.3, 0.4) is 0 Å². The lowest BCUT2D eigenvalue weighted by Gasteiger charge is -2.15. The number of carbonyl (C=O) groups excluding carboxylic acids is 2. The van der Waals surface area contributed by atoms with Crippen molar-refractivity contribution in [1.29, 1.82) is 0 Å². The van der Waals surface area contributed by atoms with E-state index in [-0.39, 0.29) is 12.3 Å². The highest BCUT2D eigenvalue weighted by Gasteiger charge is 2.15. The Balaban J connectivity index is 1.81. The quantitative estimate of drug-likeness (QED) is 0.722. The van der Waals surface area contributed by atoms with E-state index < -0.39 is 12.0 Å². The molecule has 0 aliphatic heterocycles. The highest BCUT2D eigenvalue weighted by Crippen LogP contribution is 2.18. The first-order valence-electron chi connectivity index (χ1n) is 7.62. The van der Waals surface area contributed by atoms with Crippen molar-refractivity contribution in [3.8, 4) is 11.5 Å². The molecular formula is C18H19BrN2O4. The van der Waals surface area contributed by atoms with Crippen molar-refractivity contribution in [2.24, 2.45) is 0 Å². The fraction of sp³-hybridized carbons (Fsp3) is 0.222. The third-order valence-corrected chi connectivity index (χ3v) is 3.80. The van der Waals surface area contributed by atoms with Crippen molar-refractivity contribution >= 4 is 27.7 Å². The van der Waals surface area contributed by atoms with Crippen molar-refractivity contribution in [3.63, 3.8) is 0 Å². The second-order valence-corrected chi connectivity index (χ2v) is 6.20. The molecule has 0 radical (unpaired) electrons. The molecule has 132 valence electrons. The molecule has 0 fully saturated rings. The fourth-order valence-electron chi connectivity index (χ4n) is 2.04. The summed E-state index contributed by atoms with van der Waals surface area (Å²) in [6, 6.07) is 14.3. The average Bonchev–Trinajstić information content (AvgIpc) is 2.59. The van der Waals surface area contributed by atoms with Gasteiger partial charge in [-0.3, -0.25) is 20.4 Å². The van der Waals surface area contributed by atoms with Gasteiger partial charge in [-0.05, 0) is 42.8 Å². The largest absolute Gasteiger partial charge is 0.497 e. The Labute approximate surface area is 154 Å². The van der Waals surface area contributed by atoms with E-state index in [1.807, 2.05) is 12.1 Å². The summed E-state index contributed by atoms with van der Waals surface area (Å²) in [6.45, 7) is 1.60. The third kappa shape index (κ3) is 6.11. The van der Waals surface area contributed by atoms with Gasteiger partial charge in [0.25, 0.3) is 5.91 Å². The van der Waals surface area contributed by atoms with E-state index in [1.54, 1.807) is 50.4 Å². The molecule has 0 spiro atoms. The number of hydrogen-bond donors (Lipinski definition) is 2. The van der Waals surface area contributed by atoms with Gasteiger partial charge in [0.2, 0.25) is 5.91 Å². The van der Waals surface area contributed by atoms with Gasteiger partial charge in [-0.15, -0.1) is 0 Å². The zero-order valence-electron chi connectivity index (χ0n) is 13.9. The van der Waals surface area contributed by atoms with Crippen molar-refractivity contribution in [1.82, 2.24) is 10.9 Å². The smallest absolute Gasteiger partial charge is 0.279 e. The van der Waals surface area contributed by atoms with Crippen LogP contribution in [0.15, 0.2) is 53.0 Å². The van der Waals surface area contributed by atoms with Crippen molar-refractivity contribution in [2.75, 3.05) is 7.11 Å². The highest BCUT2D eigenvalue weighted by atomic mass is 79.9. The van der Waals surface area contributed by atoms with Crippen molar-refractivity contribution < 1.29 is 19.1 Å². The Morgan fingerprint density at radius 1 is 1.08 bits per heavy atom. The summed E-state index contributed by atoms with van der Waals surface area (Å²) in [6.07, 6.45) is -0.635. The molecule has 0 aliphatic rings. The van der Waals surface area contributed by atoms with Gasteiger partial charge >= 0.3 is 0 Å². The first kappa shape index (κ1) is 18.8. The summed E-state index contributed by atoms with van der Waals surface area (Å²) >= 11 is 3.33. The lowest BCUT2D eigenvalue weighted by Crippen LogP contribution is -2.47. The molecule has 0 saturated carbocycles. The molecule has 2 N–H and O–H groups in total. The van der Waals surface area contributed by atoms with E-state index in [0.717, 1.165) is 10.0 Å².